The van der Waals surface area contributed by atoms with E-state index in [0.29, 0.717) is 38.2 Å². The third-order valence-corrected chi connectivity index (χ3v) is 5.97. The maximum atomic E-state index is 16.6. The van der Waals surface area contributed by atoms with Gasteiger partial charge in [0.15, 0.2) is 5.79 Å². The average Bonchev–Trinajstić information content (AvgIpc) is 3.12. The largest absolute Gasteiger partial charge is 0.456 e. The summed E-state index contributed by atoms with van der Waals surface area (Å²) in [7, 11) is 0. The third kappa shape index (κ3) is 6.28. The molecular weight excluding hydrogens is 440 g/mol. The van der Waals surface area contributed by atoms with E-state index < -0.39 is 29.2 Å². The molecule has 2 aliphatic heterocycles. The second-order valence-corrected chi connectivity index (χ2v) is 9.56. The van der Waals surface area contributed by atoms with Gasteiger partial charge in [-0.3, -0.25) is 4.90 Å². The van der Waals surface area contributed by atoms with Crippen molar-refractivity contribution in [1.29, 1.82) is 0 Å². The van der Waals surface area contributed by atoms with Crippen molar-refractivity contribution in [3.8, 4) is 5.75 Å². The van der Waals surface area contributed by atoms with Crippen molar-refractivity contribution in [2.75, 3.05) is 26.4 Å². The number of likely N-dealkylation sites (tertiary alicyclic amines) is 1. The number of hydrogen-bond acceptors (Lipinski definition) is 6. The normalized spacial score (nSPS) is 23.0. The number of ether oxygens (including phenoxy) is 4. The Kier molecular flexibility index (Phi) is 7.92. The van der Waals surface area contributed by atoms with Crippen molar-refractivity contribution >= 4 is 23.5 Å². The van der Waals surface area contributed by atoms with Crippen LogP contribution < -0.4 is 4.74 Å². The smallest absolute Gasteiger partial charge is 0.412 e. The Hall–Kier alpha value is -2.00. The fourth-order valence-corrected chi connectivity index (χ4v) is 4.45. The summed E-state index contributed by atoms with van der Waals surface area (Å²) in [5.41, 5.74) is -0.726. The lowest BCUT2D eigenvalue weighted by atomic mass is 9.79. The Labute approximate surface area is 193 Å². The van der Waals surface area contributed by atoms with Crippen molar-refractivity contribution < 1.29 is 32.5 Å². The zero-order chi connectivity index (χ0) is 23.4. The molecule has 1 aromatic carbocycles. The second-order valence-electron chi connectivity index (χ2n) is 9.23. The molecule has 0 bridgehead atoms. The molecule has 3 rings (SSSR count). The van der Waals surface area contributed by atoms with Crippen LogP contribution in [0.15, 0.2) is 24.3 Å². The molecule has 1 aromatic rings. The molecule has 2 fully saturated rings. The number of rotatable bonds is 5. The molecule has 1 amide bonds. The van der Waals surface area contributed by atoms with Crippen molar-refractivity contribution in [3.05, 3.63) is 30.1 Å². The Morgan fingerprint density at radius 3 is 2.56 bits per heavy atom. The molecule has 0 N–H and O–H groups in total. The van der Waals surface area contributed by atoms with Gasteiger partial charge in [-0.25, -0.2) is 13.6 Å². The van der Waals surface area contributed by atoms with Gasteiger partial charge < -0.3 is 18.9 Å². The summed E-state index contributed by atoms with van der Waals surface area (Å²) in [6.07, 6.45) is 1.38. The van der Waals surface area contributed by atoms with Gasteiger partial charge in [-0.2, -0.15) is 0 Å². The van der Waals surface area contributed by atoms with Crippen LogP contribution in [0.4, 0.5) is 13.6 Å². The van der Waals surface area contributed by atoms with Crippen LogP contribution >= 0.6 is 12.2 Å². The van der Waals surface area contributed by atoms with Crippen molar-refractivity contribution in [2.24, 2.45) is 11.8 Å². The number of thiocarbonyl (C=S) groups is 1. The molecule has 0 aromatic heterocycles. The van der Waals surface area contributed by atoms with Gasteiger partial charge in [-0.1, -0.05) is 0 Å². The first-order chi connectivity index (χ1) is 15.1. The highest BCUT2D eigenvalue weighted by Crippen LogP contribution is 2.44. The van der Waals surface area contributed by atoms with Gasteiger partial charge in [-0.05, 0) is 70.2 Å². The van der Waals surface area contributed by atoms with Crippen LogP contribution in [0.3, 0.4) is 0 Å². The second kappa shape index (κ2) is 10.3. The maximum absolute atomic E-state index is 16.6. The highest BCUT2D eigenvalue weighted by Gasteiger charge is 2.54. The number of hydrogen-bond donors (Lipinski definition) is 0. The average molecular weight is 472 g/mol. The summed E-state index contributed by atoms with van der Waals surface area (Å²) in [5.74, 6) is -2.67. The molecule has 2 heterocycles. The van der Waals surface area contributed by atoms with Crippen molar-refractivity contribution in [3.63, 3.8) is 0 Å². The molecule has 178 valence electrons. The molecule has 2 aliphatic rings. The summed E-state index contributed by atoms with van der Waals surface area (Å²) in [5, 5.41) is -0.181. The van der Waals surface area contributed by atoms with E-state index in [1.54, 1.807) is 20.8 Å². The Balaban J connectivity index is 1.73. The van der Waals surface area contributed by atoms with Gasteiger partial charge in [0, 0.05) is 44.3 Å². The SMILES string of the molecule is CC(C)(C)OC(=O)N1CCC[C@]1(F)[C@@H](COC(=S)Oc1ccc(F)cc1)C1CCOCC1. The Morgan fingerprint density at radius 2 is 1.94 bits per heavy atom. The van der Waals surface area contributed by atoms with E-state index in [1.165, 1.54) is 29.2 Å². The summed E-state index contributed by atoms with van der Waals surface area (Å²) in [4.78, 5) is 14.0. The standard InChI is InChI=1S/C23H31F2NO5S/c1-22(2,3)31-20(27)26-12-4-11-23(26,25)19(16-9-13-28-14-10-16)15-29-21(32)30-18-7-5-17(24)6-8-18/h5-8,16,19H,4,9-15H2,1-3H3/t19-,23+/m0/s1. The maximum Gasteiger partial charge on any atom is 0.412 e. The van der Waals surface area contributed by atoms with E-state index in [4.69, 9.17) is 31.2 Å². The minimum atomic E-state index is -1.92. The highest BCUT2D eigenvalue weighted by molar-refractivity contribution is 7.79. The van der Waals surface area contributed by atoms with Crippen molar-refractivity contribution in [2.45, 2.75) is 57.8 Å². The van der Waals surface area contributed by atoms with E-state index in [1.807, 2.05) is 0 Å². The van der Waals surface area contributed by atoms with E-state index in [0.717, 1.165) is 0 Å². The van der Waals surface area contributed by atoms with Crippen LogP contribution in [0.2, 0.25) is 0 Å². The lowest BCUT2D eigenvalue weighted by molar-refractivity contribution is -0.105. The minimum absolute atomic E-state index is 0.0505. The van der Waals surface area contributed by atoms with Gasteiger partial charge in [0.25, 0.3) is 0 Å². The summed E-state index contributed by atoms with van der Waals surface area (Å²) < 4.78 is 51.6. The summed E-state index contributed by atoms with van der Waals surface area (Å²) >= 11 is 5.16. The van der Waals surface area contributed by atoms with E-state index in [2.05, 4.69) is 0 Å². The predicted molar refractivity (Wildman–Crippen MR) is 119 cm³/mol. The summed E-state index contributed by atoms with van der Waals surface area (Å²) in [6, 6.07) is 5.35. The number of amides is 1. The van der Waals surface area contributed by atoms with Crippen LogP contribution in [0.25, 0.3) is 0 Å². The molecule has 0 unspecified atom stereocenters. The number of halogens is 2. The van der Waals surface area contributed by atoms with Crippen LogP contribution in [0.1, 0.15) is 46.5 Å². The summed E-state index contributed by atoms with van der Waals surface area (Å²) in [6.45, 7) is 6.55. The fraction of sp³-hybridized carbons (Fsp3) is 0.652. The van der Waals surface area contributed by atoms with Crippen LogP contribution in [0, 0.1) is 17.7 Å². The van der Waals surface area contributed by atoms with Crippen LogP contribution in [-0.4, -0.2) is 54.0 Å². The van der Waals surface area contributed by atoms with E-state index >= 15 is 4.39 Å². The number of nitrogens with zero attached hydrogens (tertiary/aromatic N) is 1. The quantitative estimate of drug-likeness (QED) is 0.432. The predicted octanol–water partition coefficient (Wildman–Crippen LogP) is 5.25. The van der Waals surface area contributed by atoms with E-state index in [9.17, 15) is 9.18 Å². The molecule has 0 spiro atoms. The first kappa shape index (κ1) is 24.6. The molecule has 0 radical (unpaired) electrons. The molecule has 2 atom stereocenters. The molecule has 2 saturated heterocycles. The van der Waals surface area contributed by atoms with Gasteiger partial charge in [-0.15, -0.1) is 0 Å². The molecule has 9 heteroatoms. The lowest BCUT2D eigenvalue weighted by Gasteiger charge is -2.42. The van der Waals surface area contributed by atoms with Crippen LogP contribution in [-0.2, 0) is 14.2 Å². The molecular formula is C23H31F2NO5S. The minimum Gasteiger partial charge on any atom is -0.456 e. The molecule has 0 aliphatic carbocycles. The van der Waals surface area contributed by atoms with Gasteiger partial charge in [0.2, 0.25) is 0 Å². The highest BCUT2D eigenvalue weighted by atomic mass is 32.1. The zero-order valence-corrected chi connectivity index (χ0v) is 19.6. The van der Waals surface area contributed by atoms with E-state index in [-0.39, 0.29) is 30.7 Å². The Morgan fingerprint density at radius 1 is 1.28 bits per heavy atom. The van der Waals surface area contributed by atoms with Crippen LogP contribution in [0.5, 0.6) is 5.75 Å². The van der Waals surface area contributed by atoms with Crippen molar-refractivity contribution in [1.82, 2.24) is 4.90 Å². The van der Waals surface area contributed by atoms with Gasteiger partial charge >= 0.3 is 11.3 Å². The first-order valence-corrected chi connectivity index (χ1v) is 11.4. The van der Waals surface area contributed by atoms with Gasteiger partial charge in [0.1, 0.15) is 23.8 Å². The first-order valence-electron chi connectivity index (χ1n) is 11.0. The number of carbonyl (C=O) groups is 1. The topological polar surface area (TPSA) is 57.2 Å². The molecule has 6 nitrogen and oxygen atoms in total. The number of benzene rings is 1. The lowest BCUT2D eigenvalue weighted by Crippen LogP contribution is -2.54. The van der Waals surface area contributed by atoms with Gasteiger partial charge in [0.05, 0.1) is 0 Å². The zero-order valence-electron chi connectivity index (χ0n) is 18.8. The number of alkyl halides is 1. The monoisotopic (exact) mass is 471 g/mol. The fourth-order valence-electron chi connectivity index (χ4n) is 4.28. The Bertz CT molecular complexity index is 795. The number of carbonyl (C=O) groups excluding carboxylic acids is 1. The molecule has 32 heavy (non-hydrogen) atoms. The third-order valence-electron chi connectivity index (χ3n) is 5.77. The molecule has 0 saturated carbocycles.